The maximum Gasteiger partial charge on any atom is 0.410 e. The first-order valence-corrected chi connectivity index (χ1v) is 14.4. The Morgan fingerprint density at radius 3 is 2.78 bits per heavy atom. The molecule has 3 heterocycles. The van der Waals surface area contributed by atoms with Crippen molar-refractivity contribution in [3.05, 3.63) is 39.7 Å². The minimum Gasteiger partial charge on any atom is -0.491 e. The van der Waals surface area contributed by atoms with Crippen molar-refractivity contribution in [1.82, 2.24) is 25.3 Å². The number of benzene rings is 1. The molecule has 222 valence electrons. The summed E-state index contributed by atoms with van der Waals surface area (Å²) in [6.07, 6.45) is 1.74. The first-order valence-electron chi connectivity index (χ1n) is 13.7. The van der Waals surface area contributed by atoms with Crippen LogP contribution in [0.1, 0.15) is 37.6 Å². The zero-order valence-corrected chi connectivity index (χ0v) is 25.2. The third-order valence-electron chi connectivity index (χ3n) is 6.82. The number of nitrogens with zero attached hydrogens (tertiary/aromatic N) is 4. The van der Waals surface area contributed by atoms with Gasteiger partial charge in [-0.1, -0.05) is 28.4 Å². The first kappa shape index (κ1) is 30.8. The minimum absolute atomic E-state index is 0.0934. The Kier molecular flexibility index (Phi) is 10.7. The molecule has 11 nitrogen and oxygen atoms in total. The minimum atomic E-state index is -0.679. The lowest BCUT2D eigenvalue weighted by molar-refractivity contribution is 0.0797. The highest BCUT2D eigenvalue weighted by Gasteiger charge is 2.29. The fourth-order valence-electron chi connectivity index (χ4n) is 4.80. The maximum absolute atomic E-state index is 12.6. The highest BCUT2D eigenvalue weighted by Crippen LogP contribution is 2.39. The number of anilines is 1. The molecule has 1 aliphatic rings. The van der Waals surface area contributed by atoms with Crippen molar-refractivity contribution in [2.24, 2.45) is 0 Å². The molecule has 1 aromatic carbocycles. The van der Waals surface area contributed by atoms with Gasteiger partial charge in [0.25, 0.3) is 0 Å². The largest absolute Gasteiger partial charge is 0.491 e. The summed E-state index contributed by atoms with van der Waals surface area (Å²) in [5.41, 5.74) is 2.24. The molecule has 0 bridgehead atoms. The lowest BCUT2D eigenvalue weighted by atomic mass is 10.0. The molecule has 3 N–H and O–H groups in total. The fourth-order valence-corrected chi connectivity index (χ4v) is 5.25. The van der Waals surface area contributed by atoms with Gasteiger partial charge < -0.3 is 34.6 Å². The molecular formula is C28H36Cl2N6O5. The Morgan fingerprint density at radius 2 is 2.07 bits per heavy atom. The van der Waals surface area contributed by atoms with E-state index in [2.05, 4.69) is 15.8 Å². The maximum atomic E-state index is 12.6. The predicted molar refractivity (Wildman–Crippen MR) is 158 cm³/mol. The van der Waals surface area contributed by atoms with E-state index in [9.17, 15) is 9.90 Å². The normalized spacial score (nSPS) is 16.0. The fraction of sp³-hybridized carbons (Fsp3) is 0.500. The van der Waals surface area contributed by atoms with Crippen LogP contribution in [0, 0.1) is 13.8 Å². The highest BCUT2D eigenvalue weighted by atomic mass is 35.5. The van der Waals surface area contributed by atoms with E-state index in [1.807, 2.05) is 6.92 Å². The number of piperidine rings is 1. The number of hydrogen-bond acceptors (Lipinski definition) is 10. The van der Waals surface area contributed by atoms with Crippen molar-refractivity contribution < 1.29 is 23.9 Å². The second-order valence-electron chi connectivity index (χ2n) is 9.84. The average Bonchev–Trinajstić information content (AvgIpc) is 3.29. The van der Waals surface area contributed by atoms with Gasteiger partial charge in [-0.25, -0.2) is 14.8 Å². The van der Waals surface area contributed by atoms with E-state index in [0.29, 0.717) is 82.0 Å². The predicted octanol–water partition coefficient (Wildman–Crippen LogP) is 5.10. The van der Waals surface area contributed by atoms with Crippen molar-refractivity contribution in [3.63, 3.8) is 0 Å². The van der Waals surface area contributed by atoms with E-state index >= 15 is 0 Å². The average molecular weight is 608 g/mol. The van der Waals surface area contributed by atoms with E-state index in [-0.39, 0.29) is 18.7 Å². The third-order valence-corrected chi connectivity index (χ3v) is 7.50. The molecular weight excluding hydrogens is 571 g/mol. The van der Waals surface area contributed by atoms with Crippen LogP contribution in [-0.4, -0.2) is 83.3 Å². The number of rotatable bonds is 11. The van der Waals surface area contributed by atoms with Crippen LogP contribution < -0.4 is 15.4 Å². The number of carbonyl (C=O) groups is 1. The zero-order valence-electron chi connectivity index (χ0n) is 23.7. The molecule has 3 aromatic rings. The van der Waals surface area contributed by atoms with Crippen LogP contribution in [0.5, 0.6) is 5.75 Å². The van der Waals surface area contributed by atoms with Gasteiger partial charge in [0.15, 0.2) is 5.82 Å². The topological polar surface area (TPSA) is 135 Å². The highest BCUT2D eigenvalue weighted by molar-refractivity contribution is 6.35. The third kappa shape index (κ3) is 7.40. The van der Waals surface area contributed by atoms with Gasteiger partial charge >= 0.3 is 6.09 Å². The molecule has 1 amide bonds. The number of nitrogens with one attached hydrogen (secondary N) is 2. The molecule has 2 aromatic heterocycles. The molecule has 41 heavy (non-hydrogen) atoms. The molecule has 0 radical (unpaired) electrons. The molecule has 13 heteroatoms. The molecule has 0 aliphatic carbocycles. The number of likely N-dealkylation sites (tertiary alicyclic amines) is 1. The first-order chi connectivity index (χ1) is 19.7. The smallest absolute Gasteiger partial charge is 0.410 e. The van der Waals surface area contributed by atoms with Crippen molar-refractivity contribution in [2.75, 3.05) is 45.2 Å². The van der Waals surface area contributed by atoms with Gasteiger partial charge in [-0.15, -0.1) is 0 Å². The van der Waals surface area contributed by atoms with Crippen molar-refractivity contribution >= 4 is 35.1 Å². The molecule has 1 aliphatic heterocycles. The number of aliphatic hydroxyl groups excluding tert-OH is 1. The summed E-state index contributed by atoms with van der Waals surface area (Å²) in [4.78, 5) is 23.9. The van der Waals surface area contributed by atoms with Gasteiger partial charge in [0.05, 0.1) is 28.9 Å². The molecule has 1 saturated heterocycles. The van der Waals surface area contributed by atoms with Crippen LogP contribution in [0.3, 0.4) is 0 Å². The number of carbonyl (C=O) groups excluding carboxylic acids is 1. The number of amides is 1. The van der Waals surface area contributed by atoms with Crippen molar-refractivity contribution in [3.8, 4) is 28.4 Å². The number of aromatic nitrogens is 3. The van der Waals surface area contributed by atoms with Gasteiger partial charge in [0.2, 0.25) is 0 Å². The van der Waals surface area contributed by atoms with Gasteiger partial charge in [0, 0.05) is 25.2 Å². The second kappa shape index (κ2) is 14.2. The van der Waals surface area contributed by atoms with E-state index in [1.54, 1.807) is 44.0 Å². The summed E-state index contributed by atoms with van der Waals surface area (Å²) in [6.45, 7) is 7.24. The number of hydrogen-bond donors (Lipinski definition) is 3. The number of aliphatic hydroxyl groups is 1. The lowest BCUT2D eigenvalue weighted by Gasteiger charge is -2.35. The van der Waals surface area contributed by atoms with Crippen LogP contribution in [-0.2, 0) is 4.74 Å². The Bertz CT molecular complexity index is 1330. The van der Waals surface area contributed by atoms with Crippen LogP contribution in [0.15, 0.2) is 22.7 Å². The monoisotopic (exact) mass is 606 g/mol. The summed E-state index contributed by atoms with van der Waals surface area (Å²) < 4.78 is 16.5. The van der Waals surface area contributed by atoms with Crippen molar-refractivity contribution in [1.29, 1.82) is 0 Å². The molecule has 0 spiro atoms. The Hall–Kier alpha value is -3.12. The van der Waals surface area contributed by atoms with Crippen molar-refractivity contribution in [2.45, 2.75) is 52.2 Å². The summed E-state index contributed by atoms with van der Waals surface area (Å²) in [5, 5.41) is 21.1. The van der Waals surface area contributed by atoms with Gasteiger partial charge in [0.1, 0.15) is 40.8 Å². The standard InChI is InChI=1S/C28H36Cl2N6O5/c1-5-39-28(38)36-11-7-6-8-18(36)13-32-27-24(30)25(23-16(2)35-41-17(23)3)33-26(34-27)21-12-20(9-10-22(21)29)40-15-19(37)14-31-4/h9-10,12,18-19,31,37H,5-8,11,13-15H2,1-4H3,(H,32,33,34)/t18-,19-/m1/s1. The molecule has 2 atom stereocenters. The SMILES string of the molecule is CCOC(=O)N1CCCC[C@@H]1CNc1nc(-c2cc(OC[C@H](O)CNC)ccc2Cl)nc(-c2c(C)noc2C)c1Cl. The quantitative estimate of drug-likeness (QED) is 0.270. The van der Waals surface area contributed by atoms with Crippen LogP contribution in [0.2, 0.25) is 10.0 Å². The van der Waals surface area contributed by atoms with Gasteiger partial charge in [-0.05, 0) is 65.3 Å². The van der Waals surface area contributed by atoms with E-state index in [0.717, 1.165) is 19.3 Å². The van der Waals surface area contributed by atoms with E-state index in [1.165, 1.54) is 0 Å². The molecule has 0 unspecified atom stereocenters. The van der Waals surface area contributed by atoms with Crippen LogP contribution in [0.25, 0.3) is 22.6 Å². The molecule has 0 saturated carbocycles. The molecule has 1 fully saturated rings. The number of likely N-dealkylation sites (N-methyl/N-ethyl adjacent to an activating group) is 1. The summed E-state index contributed by atoms with van der Waals surface area (Å²) in [6, 6.07) is 5.04. The van der Waals surface area contributed by atoms with Gasteiger partial charge in [-0.2, -0.15) is 0 Å². The van der Waals surface area contributed by atoms with Crippen LogP contribution in [0.4, 0.5) is 10.6 Å². The Balaban J connectivity index is 1.70. The zero-order chi connectivity index (χ0) is 29.5. The number of aryl methyl sites for hydroxylation is 2. The molecule has 4 rings (SSSR count). The van der Waals surface area contributed by atoms with Gasteiger partial charge in [-0.3, -0.25) is 0 Å². The van der Waals surface area contributed by atoms with E-state index < -0.39 is 6.10 Å². The lowest BCUT2D eigenvalue weighted by Crippen LogP contribution is -2.47. The summed E-state index contributed by atoms with van der Waals surface area (Å²) in [7, 11) is 1.76. The number of halogens is 2. The van der Waals surface area contributed by atoms with E-state index in [4.69, 9.17) is 47.2 Å². The Labute approximate surface area is 249 Å². The Morgan fingerprint density at radius 1 is 1.27 bits per heavy atom. The summed E-state index contributed by atoms with van der Waals surface area (Å²) >= 11 is 13.5. The second-order valence-corrected chi connectivity index (χ2v) is 10.6. The summed E-state index contributed by atoms with van der Waals surface area (Å²) in [5.74, 6) is 1.75. The number of ether oxygens (including phenoxy) is 2. The van der Waals surface area contributed by atoms with Crippen LogP contribution >= 0.6 is 23.2 Å².